The van der Waals surface area contributed by atoms with Crippen molar-refractivity contribution in [1.82, 2.24) is 19.1 Å². The maximum absolute atomic E-state index is 12.2. The number of carbonyl (C=O) groups is 2. The van der Waals surface area contributed by atoms with E-state index in [9.17, 15) is 9.59 Å². The van der Waals surface area contributed by atoms with Crippen LogP contribution in [0.15, 0.2) is 36.9 Å². The lowest BCUT2D eigenvalue weighted by Gasteiger charge is -2.24. The second kappa shape index (κ2) is 8.79. The minimum Gasteiger partial charge on any atom is -0.457 e. The highest BCUT2D eigenvalue weighted by Crippen LogP contribution is 2.48. The van der Waals surface area contributed by atoms with Gasteiger partial charge >= 0.3 is 20.5 Å². The van der Waals surface area contributed by atoms with Gasteiger partial charge in [0, 0.05) is 19.9 Å². The molecule has 5 atom stereocenters. The summed E-state index contributed by atoms with van der Waals surface area (Å²) in [4.78, 5) is 32.7. The Kier molecular flexibility index (Phi) is 5.80. The van der Waals surface area contributed by atoms with Gasteiger partial charge in [0.2, 0.25) is 0 Å². The number of fused-ring (bicyclic) bond motifs is 2. The fourth-order valence-corrected chi connectivity index (χ4v) is 4.91. The molecule has 0 spiro atoms. The van der Waals surface area contributed by atoms with E-state index < -0.39 is 39.0 Å². The predicted octanol–water partition coefficient (Wildman–Crippen LogP) is 2.21. The molecule has 13 heteroatoms. The van der Waals surface area contributed by atoms with Crippen molar-refractivity contribution in [1.29, 1.82) is 5.41 Å². The molecule has 5 rings (SSSR count). The van der Waals surface area contributed by atoms with E-state index in [1.165, 1.54) is 19.6 Å². The van der Waals surface area contributed by atoms with Crippen molar-refractivity contribution in [3.8, 4) is 5.75 Å². The zero-order valence-electron chi connectivity index (χ0n) is 18.6. The van der Waals surface area contributed by atoms with Crippen LogP contribution < -0.4 is 10.0 Å². The van der Waals surface area contributed by atoms with Crippen LogP contribution in [0.4, 0.5) is 0 Å². The number of esters is 1. The molecule has 34 heavy (non-hydrogen) atoms. The monoisotopic (exact) mass is 487 g/mol. The van der Waals surface area contributed by atoms with Gasteiger partial charge in [0.05, 0.1) is 25.4 Å². The van der Waals surface area contributed by atoms with Crippen molar-refractivity contribution >= 4 is 31.7 Å². The first-order chi connectivity index (χ1) is 16.3. The maximum Gasteiger partial charge on any atom is 0.465 e. The molecule has 0 bridgehead atoms. The second-order valence-electron chi connectivity index (χ2n) is 8.01. The Hall–Kier alpha value is -3.34. The van der Waals surface area contributed by atoms with E-state index >= 15 is 0 Å². The molecule has 4 heterocycles. The number of ether oxygens (including phenoxy) is 2. The summed E-state index contributed by atoms with van der Waals surface area (Å²) in [6.07, 6.45) is 1.12. The van der Waals surface area contributed by atoms with Gasteiger partial charge in [-0.25, -0.2) is 14.8 Å². The van der Waals surface area contributed by atoms with Gasteiger partial charge in [-0.15, -0.1) is 0 Å². The molecule has 1 N–H and O–H groups in total. The van der Waals surface area contributed by atoms with Crippen LogP contribution in [0.5, 0.6) is 5.75 Å². The van der Waals surface area contributed by atoms with Gasteiger partial charge in [-0.1, -0.05) is 19.1 Å². The molecule has 3 aromatic rings. The molecule has 1 fully saturated rings. The van der Waals surface area contributed by atoms with Crippen LogP contribution in [0.25, 0.3) is 11.2 Å². The molecule has 2 aliphatic heterocycles. The summed E-state index contributed by atoms with van der Waals surface area (Å²) < 4.78 is 31.7. The van der Waals surface area contributed by atoms with Crippen LogP contribution in [0.1, 0.15) is 30.4 Å². The quantitative estimate of drug-likeness (QED) is 0.424. The van der Waals surface area contributed by atoms with Gasteiger partial charge < -0.3 is 23.1 Å². The number of aryl methyl sites for hydroxylation is 1. The normalized spacial score (nSPS) is 26.1. The molecule has 12 nitrogen and oxygen atoms in total. The van der Waals surface area contributed by atoms with E-state index in [0.29, 0.717) is 22.5 Å². The molecule has 1 saturated heterocycles. The molecule has 0 aliphatic carbocycles. The predicted molar refractivity (Wildman–Crippen MR) is 116 cm³/mol. The minimum absolute atomic E-state index is 0.0370. The smallest absolute Gasteiger partial charge is 0.457 e. The number of benzene rings is 1. The summed E-state index contributed by atoms with van der Waals surface area (Å²) in [6, 6.07) is 6.77. The number of rotatable bonds is 5. The van der Waals surface area contributed by atoms with Crippen molar-refractivity contribution in [2.24, 2.45) is 13.0 Å². The molecule has 1 aromatic carbocycles. The van der Waals surface area contributed by atoms with Crippen LogP contribution in [0.3, 0.4) is 0 Å². The van der Waals surface area contributed by atoms with Crippen molar-refractivity contribution in [2.75, 3.05) is 6.61 Å². The Morgan fingerprint density at radius 1 is 1.24 bits per heavy atom. The third-order valence-electron chi connectivity index (χ3n) is 5.76. The zero-order valence-corrected chi connectivity index (χ0v) is 19.5. The first-order valence-corrected chi connectivity index (χ1v) is 11.6. The highest BCUT2D eigenvalue weighted by atomic mass is 31.2. The van der Waals surface area contributed by atoms with E-state index in [1.807, 2.05) is 6.92 Å². The summed E-state index contributed by atoms with van der Waals surface area (Å²) >= 11 is 0. The Labute approximate surface area is 194 Å². The number of para-hydroxylation sites is 1. The Bertz CT molecular complexity index is 1320. The average molecular weight is 487 g/mol. The summed E-state index contributed by atoms with van der Waals surface area (Å²) in [5.74, 6) is -0.845. The summed E-state index contributed by atoms with van der Waals surface area (Å²) in [5.41, 5.74) is 1.36. The topological polar surface area (TPSA) is 140 Å². The van der Waals surface area contributed by atoms with Crippen LogP contribution in [0, 0.1) is 11.3 Å². The summed E-state index contributed by atoms with van der Waals surface area (Å²) in [6.45, 7) is 3.24. The Morgan fingerprint density at radius 3 is 2.82 bits per heavy atom. The zero-order chi connectivity index (χ0) is 24.0. The van der Waals surface area contributed by atoms with Crippen molar-refractivity contribution in [3.63, 3.8) is 0 Å². The molecule has 0 amide bonds. The third kappa shape index (κ3) is 3.93. The van der Waals surface area contributed by atoms with Gasteiger partial charge in [0.25, 0.3) is 0 Å². The van der Waals surface area contributed by atoms with Crippen molar-refractivity contribution < 1.29 is 32.6 Å². The van der Waals surface area contributed by atoms with Crippen LogP contribution in [0.2, 0.25) is 0 Å². The molecular weight excluding hydrogens is 465 g/mol. The number of hydrogen-bond donors (Lipinski definition) is 1. The number of hydrogen-bond acceptors (Lipinski definition) is 10. The third-order valence-corrected chi connectivity index (χ3v) is 6.78. The largest absolute Gasteiger partial charge is 0.465 e. The van der Waals surface area contributed by atoms with Crippen molar-refractivity contribution in [3.05, 3.63) is 48.0 Å². The van der Waals surface area contributed by atoms with E-state index in [0.717, 1.165) is 0 Å². The number of nitrogens with zero attached hydrogens (tertiary/aromatic N) is 4. The number of nitrogens with one attached hydrogen (secondary N) is 1. The first kappa shape index (κ1) is 22.5. The average Bonchev–Trinajstić information content (AvgIpc) is 3.36. The lowest BCUT2D eigenvalue weighted by atomic mass is 10.0. The van der Waals surface area contributed by atoms with Gasteiger partial charge in [-0.3, -0.25) is 19.3 Å². The highest BCUT2D eigenvalue weighted by Gasteiger charge is 2.46. The standard InChI is InChI=1S/C21H22N5O7P/c1-11-15(8-29-34-32-14-7-5-4-6-13(14)21(28)33-34)31-20(17(11)30-12(2)27)26-10-23-16-18(22)25(3)9-24-19(16)26/h4-7,9-11,15,17,20,22H,8H2,1-3H3/t11-,15-,17-,20-,34?/m1/s1. The fourth-order valence-electron chi connectivity index (χ4n) is 3.94. The van der Waals surface area contributed by atoms with Gasteiger partial charge in [0.15, 0.2) is 23.5 Å². The van der Waals surface area contributed by atoms with Crippen LogP contribution in [-0.2, 0) is 30.4 Å². The molecular formula is C21H22N5O7P. The number of aromatic nitrogens is 4. The lowest BCUT2D eigenvalue weighted by Crippen LogP contribution is -2.30. The molecule has 0 radical (unpaired) electrons. The van der Waals surface area contributed by atoms with Gasteiger partial charge in [-0.05, 0) is 12.1 Å². The van der Waals surface area contributed by atoms with Gasteiger partial charge in [0.1, 0.15) is 16.8 Å². The molecule has 1 unspecified atom stereocenters. The Morgan fingerprint density at radius 2 is 2.03 bits per heavy atom. The van der Waals surface area contributed by atoms with Crippen LogP contribution >= 0.6 is 8.60 Å². The van der Waals surface area contributed by atoms with Crippen molar-refractivity contribution in [2.45, 2.75) is 32.3 Å². The number of carbonyl (C=O) groups excluding carboxylic acids is 2. The Balaban J connectivity index is 1.36. The van der Waals surface area contributed by atoms with Gasteiger partial charge in [-0.2, -0.15) is 0 Å². The number of imidazole rings is 1. The molecule has 2 aliphatic rings. The fraction of sp³-hybridized carbons (Fsp3) is 0.381. The maximum atomic E-state index is 12.2. The second-order valence-corrected chi connectivity index (χ2v) is 9.08. The SMILES string of the molecule is CC(=O)O[C@@H]1[C@H](C)[C@@H](COP2OC(=O)c3ccccc3O2)O[C@H]1n1cnc2c(=N)n(C)cnc21. The van der Waals surface area contributed by atoms with E-state index in [2.05, 4.69) is 9.97 Å². The first-order valence-electron chi connectivity index (χ1n) is 10.5. The molecule has 2 aromatic heterocycles. The van der Waals surface area contributed by atoms with E-state index in [1.54, 1.807) is 40.4 Å². The molecule has 0 saturated carbocycles. The lowest BCUT2D eigenvalue weighted by molar-refractivity contribution is -0.153. The highest BCUT2D eigenvalue weighted by molar-refractivity contribution is 7.43. The summed E-state index contributed by atoms with van der Waals surface area (Å²) in [5, 5.41) is 8.21. The minimum atomic E-state index is -1.96. The van der Waals surface area contributed by atoms with Crippen LogP contribution in [-0.4, -0.2) is 49.9 Å². The summed E-state index contributed by atoms with van der Waals surface area (Å²) in [7, 11) is -0.250. The molecule has 178 valence electrons. The van der Waals surface area contributed by atoms with E-state index in [-0.39, 0.29) is 18.0 Å². The van der Waals surface area contributed by atoms with E-state index in [4.69, 9.17) is 28.5 Å².